The first-order chi connectivity index (χ1) is 11.1. The second-order valence-electron chi connectivity index (χ2n) is 6.77. The molecule has 1 aromatic carbocycles. The highest BCUT2D eigenvalue weighted by Gasteiger charge is 2.40. The molecule has 5 heteroatoms. The van der Waals surface area contributed by atoms with E-state index in [1.165, 1.54) is 32.2 Å². The Morgan fingerprint density at radius 1 is 1.39 bits per heavy atom. The van der Waals surface area contributed by atoms with E-state index in [1.54, 1.807) is 7.11 Å². The predicted molar refractivity (Wildman–Crippen MR) is 94.9 cm³/mol. The van der Waals surface area contributed by atoms with Crippen molar-refractivity contribution < 1.29 is 9.53 Å². The molecule has 1 aliphatic carbocycles. The second-order valence-corrected chi connectivity index (χ2v) is 7.69. The number of ether oxygens (including phenoxy) is 1. The monoisotopic (exact) mass is 380 g/mol. The Hall–Kier alpha value is -1.07. The number of hydrogen-bond donors (Lipinski definition) is 1. The van der Waals surface area contributed by atoms with Crippen LogP contribution < -0.4 is 10.1 Å². The molecule has 3 unspecified atom stereocenters. The van der Waals surface area contributed by atoms with Gasteiger partial charge in [0.2, 0.25) is 0 Å². The van der Waals surface area contributed by atoms with Crippen LogP contribution in [0.1, 0.15) is 36.0 Å². The molecule has 2 fully saturated rings. The van der Waals surface area contributed by atoms with E-state index >= 15 is 0 Å². The first-order valence-corrected chi connectivity index (χ1v) is 9.21. The number of nitrogens with zero attached hydrogens (tertiary/aromatic N) is 1. The molecule has 2 aliphatic rings. The zero-order chi connectivity index (χ0) is 16.4. The number of methoxy groups -OCH3 is 1. The van der Waals surface area contributed by atoms with Crippen LogP contribution >= 0.6 is 15.9 Å². The number of amides is 1. The highest BCUT2D eigenvalue weighted by Crippen LogP contribution is 2.39. The van der Waals surface area contributed by atoms with E-state index in [0.717, 1.165) is 16.3 Å². The zero-order valence-electron chi connectivity index (χ0n) is 13.8. The number of benzene rings is 1. The van der Waals surface area contributed by atoms with Gasteiger partial charge in [0.05, 0.1) is 12.7 Å². The largest absolute Gasteiger partial charge is 0.496 e. The van der Waals surface area contributed by atoms with E-state index in [1.807, 2.05) is 18.2 Å². The van der Waals surface area contributed by atoms with E-state index in [0.29, 0.717) is 23.9 Å². The predicted octanol–water partition coefficient (Wildman–Crippen LogP) is 3.31. The topological polar surface area (TPSA) is 41.6 Å². The Kier molecular flexibility index (Phi) is 5.27. The molecule has 1 aromatic rings. The lowest BCUT2D eigenvalue weighted by atomic mass is 9.78. The van der Waals surface area contributed by atoms with Gasteiger partial charge in [-0.1, -0.05) is 28.8 Å². The molecule has 1 N–H and O–H groups in total. The van der Waals surface area contributed by atoms with Gasteiger partial charge in [-0.15, -0.1) is 0 Å². The van der Waals surface area contributed by atoms with E-state index in [2.05, 4.69) is 33.2 Å². The van der Waals surface area contributed by atoms with Crippen LogP contribution in [-0.4, -0.2) is 44.1 Å². The van der Waals surface area contributed by atoms with Crippen LogP contribution in [0, 0.1) is 11.8 Å². The average Bonchev–Trinajstić information content (AvgIpc) is 2.88. The van der Waals surface area contributed by atoms with Crippen LogP contribution in [0.2, 0.25) is 0 Å². The van der Waals surface area contributed by atoms with Gasteiger partial charge in [0.15, 0.2) is 0 Å². The average molecular weight is 381 g/mol. The third-order valence-corrected chi connectivity index (χ3v) is 5.92. The summed E-state index contributed by atoms with van der Waals surface area (Å²) >= 11 is 3.42. The summed E-state index contributed by atoms with van der Waals surface area (Å²) in [6, 6.07) is 5.98. The van der Waals surface area contributed by atoms with Crippen LogP contribution in [0.3, 0.4) is 0 Å². The SMILES string of the molecule is COc1ccc(Br)cc1C(=O)NCC1C2CCCCC2CN1C. The van der Waals surface area contributed by atoms with E-state index in [-0.39, 0.29) is 5.91 Å². The maximum Gasteiger partial charge on any atom is 0.255 e. The Bertz CT molecular complexity index is 578. The standard InChI is InChI=1S/C18H25BrN2O2/c1-21-11-12-5-3-4-6-14(12)16(21)10-20-18(22)15-9-13(19)7-8-17(15)23-2/h7-9,12,14,16H,3-6,10-11H2,1-2H3,(H,20,22). The van der Waals surface area contributed by atoms with Crippen molar-refractivity contribution in [3.63, 3.8) is 0 Å². The van der Waals surface area contributed by atoms with Gasteiger partial charge in [-0.2, -0.15) is 0 Å². The summed E-state index contributed by atoms with van der Waals surface area (Å²) in [5, 5.41) is 3.12. The first kappa shape index (κ1) is 16.8. The van der Waals surface area contributed by atoms with Crippen LogP contribution in [0.15, 0.2) is 22.7 Å². The molecule has 0 bridgehead atoms. The first-order valence-electron chi connectivity index (χ1n) is 8.42. The molecular formula is C18H25BrN2O2. The van der Waals surface area contributed by atoms with Gasteiger partial charge in [-0.3, -0.25) is 4.79 Å². The summed E-state index contributed by atoms with van der Waals surface area (Å²) in [4.78, 5) is 15.0. The number of rotatable bonds is 4. The van der Waals surface area contributed by atoms with Gasteiger partial charge in [0, 0.05) is 23.6 Å². The number of nitrogens with one attached hydrogen (secondary N) is 1. The Morgan fingerprint density at radius 2 is 2.17 bits per heavy atom. The maximum atomic E-state index is 12.6. The third-order valence-electron chi connectivity index (χ3n) is 5.43. The van der Waals surface area contributed by atoms with Gasteiger partial charge < -0.3 is 15.0 Å². The molecule has 0 aromatic heterocycles. The van der Waals surface area contributed by atoms with Gasteiger partial charge in [0.25, 0.3) is 5.91 Å². The fourth-order valence-electron chi connectivity index (χ4n) is 4.26. The molecule has 1 saturated carbocycles. The molecule has 0 radical (unpaired) electrons. The Labute approximate surface area is 146 Å². The minimum absolute atomic E-state index is 0.0594. The summed E-state index contributed by atoms with van der Waals surface area (Å²) < 4.78 is 6.19. The van der Waals surface area contributed by atoms with Crippen molar-refractivity contribution in [1.29, 1.82) is 0 Å². The third kappa shape index (κ3) is 3.56. The summed E-state index contributed by atoms with van der Waals surface area (Å²) in [5.74, 6) is 2.10. The number of carbonyl (C=O) groups excluding carboxylic acids is 1. The van der Waals surface area contributed by atoms with Crippen LogP contribution in [0.25, 0.3) is 0 Å². The van der Waals surface area contributed by atoms with Crippen molar-refractivity contribution >= 4 is 21.8 Å². The van der Waals surface area contributed by atoms with Gasteiger partial charge in [0.1, 0.15) is 5.75 Å². The summed E-state index contributed by atoms with van der Waals surface area (Å²) in [6.45, 7) is 1.89. The number of likely N-dealkylation sites (N-methyl/N-ethyl adjacent to an activating group) is 1. The van der Waals surface area contributed by atoms with E-state index < -0.39 is 0 Å². The second kappa shape index (κ2) is 7.22. The van der Waals surface area contributed by atoms with Crippen molar-refractivity contribution in [3.8, 4) is 5.75 Å². The Balaban J connectivity index is 1.66. The van der Waals surface area contributed by atoms with Crippen LogP contribution in [0.5, 0.6) is 5.75 Å². The number of carbonyl (C=O) groups is 1. The zero-order valence-corrected chi connectivity index (χ0v) is 15.4. The summed E-state index contributed by atoms with van der Waals surface area (Å²) in [5.41, 5.74) is 0.586. The fourth-order valence-corrected chi connectivity index (χ4v) is 4.62. The van der Waals surface area contributed by atoms with Gasteiger partial charge in [-0.05, 0) is 49.9 Å². The minimum atomic E-state index is -0.0594. The lowest BCUT2D eigenvalue weighted by Gasteiger charge is -2.29. The van der Waals surface area contributed by atoms with Gasteiger partial charge >= 0.3 is 0 Å². The van der Waals surface area contributed by atoms with Crippen molar-refractivity contribution in [2.75, 3.05) is 27.2 Å². The van der Waals surface area contributed by atoms with Crippen molar-refractivity contribution in [1.82, 2.24) is 10.2 Å². The van der Waals surface area contributed by atoms with Crippen molar-refractivity contribution in [2.45, 2.75) is 31.7 Å². The molecule has 1 amide bonds. The quantitative estimate of drug-likeness (QED) is 0.870. The number of hydrogen-bond acceptors (Lipinski definition) is 3. The highest BCUT2D eigenvalue weighted by atomic mass is 79.9. The smallest absolute Gasteiger partial charge is 0.255 e. The molecule has 4 nitrogen and oxygen atoms in total. The fraction of sp³-hybridized carbons (Fsp3) is 0.611. The van der Waals surface area contributed by atoms with Gasteiger partial charge in [-0.25, -0.2) is 0 Å². The number of likely N-dealkylation sites (tertiary alicyclic amines) is 1. The molecule has 0 spiro atoms. The van der Waals surface area contributed by atoms with Crippen molar-refractivity contribution in [3.05, 3.63) is 28.2 Å². The van der Waals surface area contributed by atoms with E-state index in [4.69, 9.17) is 4.74 Å². The molecular weight excluding hydrogens is 356 g/mol. The highest BCUT2D eigenvalue weighted by molar-refractivity contribution is 9.10. The normalized spacial score (nSPS) is 27.5. The van der Waals surface area contributed by atoms with Crippen LogP contribution in [0.4, 0.5) is 0 Å². The molecule has 1 aliphatic heterocycles. The Morgan fingerprint density at radius 3 is 2.96 bits per heavy atom. The lowest BCUT2D eigenvalue weighted by molar-refractivity contribution is 0.0933. The molecule has 3 atom stereocenters. The molecule has 1 saturated heterocycles. The number of halogens is 1. The lowest BCUT2D eigenvalue weighted by Crippen LogP contribution is -2.42. The minimum Gasteiger partial charge on any atom is -0.496 e. The van der Waals surface area contributed by atoms with Crippen LogP contribution in [-0.2, 0) is 0 Å². The molecule has 1 heterocycles. The number of fused-ring (bicyclic) bond motifs is 1. The molecule has 126 valence electrons. The maximum absolute atomic E-state index is 12.6. The van der Waals surface area contributed by atoms with E-state index in [9.17, 15) is 4.79 Å². The summed E-state index contributed by atoms with van der Waals surface area (Å²) in [7, 11) is 3.78. The molecule has 23 heavy (non-hydrogen) atoms. The molecule has 3 rings (SSSR count). The van der Waals surface area contributed by atoms with Crippen molar-refractivity contribution in [2.24, 2.45) is 11.8 Å². The summed E-state index contributed by atoms with van der Waals surface area (Å²) in [6.07, 6.45) is 5.34.